The molecule has 0 aliphatic carbocycles. The number of phenols is 1. The predicted molar refractivity (Wildman–Crippen MR) is 150 cm³/mol. The van der Waals surface area contributed by atoms with Crippen molar-refractivity contribution in [3.8, 4) is 11.5 Å². The van der Waals surface area contributed by atoms with Gasteiger partial charge in [-0.15, -0.1) is 0 Å². The van der Waals surface area contributed by atoms with Crippen LogP contribution >= 0.6 is 7.60 Å². The van der Waals surface area contributed by atoms with Crippen LogP contribution in [0, 0.1) is 5.82 Å². The first-order valence-electron chi connectivity index (χ1n) is 13.6. The molecule has 0 bridgehead atoms. The van der Waals surface area contributed by atoms with Gasteiger partial charge in [-0.25, -0.2) is 9.18 Å². The van der Waals surface area contributed by atoms with Crippen molar-refractivity contribution in [2.75, 3.05) is 45.5 Å². The van der Waals surface area contributed by atoms with Crippen LogP contribution in [0.5, 0.6) is 11.5 Å². The quantitative estimate of drug-likeness (QED) is 0.286. The van der Waals surface area contributed by atoms with Crippen molar-refractivity contribution in [2.45, 2.75) is 19.5 Å². The van der Waals surface area contributed by atoms with Crippen LogP contribution in [-0.4, -0.2) is 98.3 Å². The Morgan fingerprint density at radius 3 is 2.51 bits per heavy atom. The SMILES string of the molecule is O=C(O)CCOP(=O)(O)CCN1CCN(C(=O)Oc2c3c(c(O)c4ncccc24)C(=O)N(Cc2ccc(F)cc2)C3)CC1. The Bertz CT molecular complexity index is 1600. The third kappa shape index (κ3) is 6.94. The van der Waals surface area contributed by atoms with Gasteiger partial charge in [0, 0.05) is 56.4 Å². The Morgan fingerprint density at radius 2 is 1.81 bits per heavy atom. The van der Waals surface area contributed by atoms with Gasteiger partial charge < -0.3 is 34.2 Å². The van der Waals surface area contributed by atoms with E-state index >= 15 is 0 Å². The van der Waals surface area contributed by atoms with Crippen LogP contribution in [0.2, 0.25) is 0 Å². The number of nitrogens with zero attached hydrogens (tertiary/aromatic N) is 4. The van der Waals surface area contributed by atoms with Gasteiger partial charge in [-0.3, -0.25) is 24.0 Å². The van der Waals surface area contributed by atoms with Crippen LogP contribution in [0.15, 0.2) is 42.6 Å². The fourth-order valence-corrected chi connectivity index (χ4v) is 6.13. The van der Waals surface area contributed by atoms with Gasteiger partial charge in [0.1, 0.15) is 17.1 Å². The van der Waals surface area contributed by atoms with Crippen LogP contribution in [-0.2, 0) is 27.0 Å². The lowest BCUT2D eigenvalue weighted by Gasteiger charge is -2.34. The van der Waals surface area contributed by atoms with Crippen molar-refractivity contribution < 1.29 is 47.7 Å². The van der Waals surface area contributed by atoms with Gasteiger partial charge >= 0.3 is 19.7 Å². The summed E-state index contributed by atoms with van der Waals surface area (Å²) in [6.07, 6.45) is 0.240. The molecule has 1 fully saturated rings. The first-order valence-corrected chi connectivity index (χ1v) is 15.3. The molecule has 1 saturated heterocycles. The first-order chi connectivity index (χ1) is 20.5. The van der Waals surface area contributed by atoms with Crippen LogP contribution in [0.1, 0.15) is 27.9 Å². The summed E-state index contributed by atoms with van der Waals surface area (Å²) in [7, 11) is -3.95. The molecule has 1 atom stereocenters. The monoisotopic (exact) mass is 616 g/mol. The van der Waals surface area contributed by atoms with E-state index in [2.05, 4.69) is 4.98 Å². The molecule has 2 aliphatic rings. The van der Waals surface area contributed by atoms with E-state index in [1.807, 2.05) is 4.90 Å². The summed E-state index contributed by atoms with van der Waals surface area (Å²) in [5.41, 5.74) is 1.15. The standard InChI is InChI=1S/C28H30FN4O9P/c29-19-5-3-18(4-6-19)16-33-17-21-23(27(33)37)25(36)24-20(2-1-8-30-24)26(21)42-28(38)32-11-9-31(10-12-32)13-15-43(39,40)41-14-7-22(34)35/h1-6,8,36H,7,9-17H2,(H,34,35)(H,39,40). The molecule has 3 heterocycles. The molecule has 228 valence electrons. The second-order valence-electron chi connectivity index (χ2n) is 10.3. The molecular weight excluding hydrogens is 586 g/mol. The second kappa shape index (κ2) is 12.6. The molecule has 2 aliphatic heterocycles. The normalized spacial score (nSPS) is 16.7. The average Bonchev–Trinajstić information content (AvgIpc) is 3.31. The molecule has 1 unspecified atom stereocenters. The molecule has 15 heteroatoms. The zero-order valence-electron chi connectivity index (χ0n) is 23.0. The Morgan fingerprint density at radius 1 is 1.09 bits per heavy atom. The van der Waals surface area contributed by atoms with Crippen molar-refractivity contribution in [3.63, 3.8) is 0 Å². The van der Waals surface area contributed by atoms with E-state index in [-0.39, 0.29) is 74.5 Å². The summed E-state index contributed by atoms with van der Waals surface area (Å²) in [5.74, 6) is -2.18. The minimum atomic E-state index is -3.95. The lowest BCUT2D eigenvalue weighted by atomic mass is 10.0. The number of pyridine rings is 1. The maximum Gasteiger partial charge on any atom is 0.415 e. The fourth-order valence-electron chi connectivity index (χ4n) is 5.08. The third-order valence-electron chi connectivity index (χ3n) is 7.35. The van der Waals surface area contributed by atoms with Crippen LogP contribution in [0.25, 0.3) is 10.9 Å². The molecule has 3 N–H and O–H groups in total. The average molecular weight is 617 g/mol. The highest BCUT2D eigenvalue weighted by Gasteiger charge is 2.37. The number of hydrogen-bond donors (Lipinski definition) is 3. The van der Waals surface area contributed by atoms with E-state index < -0.39 is 31.4 Å². The molecule has 3 aromatic rings. The van der Waals surface area contributed by atoms with Crippen molar-refractivity contribution in [1.29, 1.82) is 0 Å². The fraction of sp³-hybridized carbons (Fsp3) is 0.357. The summed E-state index contributed by atoms with van der Waals surface area (Å²) in [5, 5.41) is 20.0. The Balaban J connectivity index is 1.26. The Hall–Kier alpha value is -4.10. The number of hydrogen-bond acceptors (Lipinski definition) is 9. The highest BCUT2D eigenvalue weighted by atomic mass is 31.2. The number of carbonyl (C=O) groups is 3. The van der Waals surface area contributed by atoms with Gasteiger partial charge in [-0.1, -0.05) is 12.1 Å². The molecule has 2 aromatic carbocycles. The summed E-state index contributed by atoms with van der Waals surface area (Å²) in [4.78, 5) is 56.2. The van der Waals surface area contributed by atoms with Gasteiger partial charge in [-0.2, -0.15) is 0 Å². The van der Waals surface area contributed by atoms with Crippen LogP contribution in [0.4, 0.5) is 9.18 Å². The molecule has 1 aromatic heterocycles. The van der Waals surface area contributed by atoms with E-state index in [1.54, 1.807) is 24.3 Å². The number of aliphatic carboxylic acids is 1. The lowest BCUT2D eigenvalue weighted by molar-refractivity contribution is -0.137. The summed E-state index contributed by atoms with van der Waals surface area (Å²) < 4.78 is 36.3. The first kappa shape index (κ1) is 30.4. The van der Waals surface area contributed by atoms with Gasteiger partial charge in [0.05, 0.1) is 31.3 Å². The predicted octanol–water partition coefficient (Wildman–Crippen LogP) is 3.03. The molecular formula is C28H30FN4O9P. The number of halogens is 1. The molecule has 43 heavy (non-hydrogen) atoms. The highest BCUT2D eigenvalue weighted by Crippen LogP contribution is 2.44. The topological polar surface area (TPSA) is 170 Å². The van der Waals surface area contributed by atoms with Gasteiger partial charge in [0.2, 0.25) is 0 Å². The Labute approximate surface area is 245 Å². The number of aromatic hydroxyl groups is 1. The van der Waals surface area contributed by atoms with Gasteiger partial charge in [0.25, 0.3) is 5.91 Å². The van der Waals surface area contributed by atoms with Gasteiger partial charge in [-0.05, 0) is 29.8 Å². The van der Waals surface area contributed by atoms with Crippen molar-refractivity contribution in [3.05, 3.63) is 65.1 Å². The zero-order valence-corrected chi connectivity index (χ0v) is 23.9. The number of phenolic OH excluding ortho intramolecular Hbond substituents is 1. The number of aromatic nitrogens is 1. The number of fused-ring (bicyclic) bond motifs is 2. The Kier molecular flexibility index (Phi) is 8.92. The third-order valence-corrected chi connectivity index (χ3v) is 8.70. The minimum absolute atomic E-state index is 0.0000576. The summed E-state index contributed by atoms with van der Waals surface area (Å²) in [6, 6.07) is 8.99. The molecule has 2 amide bonds. The second-order valence-corrected chi connectivity index (χ2v) is 12.2. The lowest BCUT2D eigenvalue weighted by Crippen LogP contribution is -2.50. The molecule has 0 spiro atoms. The smallest absolute Gasteiger partial charge is 0.415 e. The number of benzene rings is 2. The number of piperazine rings is 1. The van der Waals surface area contributed by atoms with Crippen molar-refractivity contribution >= 4 is 36.5 Å². The van der Waals surface area contributed by atoms with Crippen LogP contribution in [0.3, 0.4) is 0 Å². The van der Waals surface area contributed by atoms with E-state index in [1.165, 1.54) is 28.1 Å². The molecule has 0 saturated carbocycles. The van der Waals surface area contributed by atoms with E-state index in [9.17, 15) is 33.3 Å². The van der Waals surface area contributed by atoms with Crippen molar-refractivity contribution in [1.82, 2.24) is 19.7 Å². The number of amides is 2. The number of carboxylic acid groups (broad SMARTS) is 1. The summed E-state index contributed by atoms with van der Waals surface area (Å²) in [6.45, 7) is 1.38. The molecule has 0 radical (unpaired) electrons. The number of carbonyl (C=O) groups excluding carboxylic acids is 2. The molecule has 13 nitrogen and oxygen atoms in total. The number of carboxylic acids is 1. The van der Waals surface area contributed by atoms with Crippen molar-refractivity contribution in [2.24, 2.45) is 0 Å². The van der Waals surface area contributed by atoms with Crippen LogP contribution < -0.4 is 4.74 Å². The highest BCUT2D eigenvalue weighted by molar-refractivity contribution is 7.52. The molecule has 5 rings (SSSR count). The summed E-state index contributed by atoms with van der Waals surface area (Å²) >= 11 is 0. The van der Waals surface area contributed by atoms with E-state index in [4.69, 9.17) is 14.4 Å². The minimum Gasteiger partial charge on any atom is -0.505 e. The number of rotatable bonds is 10. The van der Waals surface area contributed by atoms with E-state index in [0.717, 1.165) is 0 Å². The van der Waals surface area contributed by atoms with E-state index in [0.29, 0.717) is 29.6 Å². The maximum absolute atomic E-state index is 13.4. The number of ether oxygens (including phenoxy) is 1. The largest absolute Gasteiger partial charge is 0.505 e. The van der Waals surface area contributed by atoms with Gasteiger partial charge in [0.15, 0.2) is 5.75 Å². The zero-order chi connectivity index (χ0) is 30.7. The maximum atomic E-state index is 13.4.